The van der Waals surface area contributed by atoms with Crippen molar-refractivity contribution < 1.29 is 14.3 Å². The lowest BCUT2D eigenvalue weighted by Gasteiger charge is -2.28. The molecule has 0 unspecified atom stereocenters. The molecule has 222 valence electrons. The third-order valence-electron chi connectivity index (χ3n) is 7.55. The first-order valence-corrected chi connectivity index (χ1v) is 15.7. The number of halogens is 1. The van der Waals surface area contributed by atoms with Gasteiger partial charge in [0.15, 0.2) is 4.80 Å². The van der Waals surface area contributed by atoms with E-state index in [1.54, 1.807) is 18.6 Å². The van der Waals surface area contributed by atoms with Crippen LogP contribution in [0.1, 0.15) is 29.7 Å². The van der Waals surface area contributed by atoms with E-state index >= 15 is 0 Å². The van der Waals surface area contributed by atoms with Gasteiger partial charge < -0.3 is 14.4 Å². The summed E-state index contributed by atoms with van der Waals surface area (Å²) in [5.41, 5.74) is 3.83. The molecule has 2 heterocycles. The predicted octanol–water partition coefficient (Wildman–Crippen LogP) is 5.93. The second kappa shape index (κ2) is 12.3. The number of anilines is 1. The van der Waals surface area contributed by atoms with Gasteiger partial charge in [0.25, 0.3) is 5.56 Å². The number of aromatic nitrogens is 1. The molecule has 0 saturated carbocycles. The molecule has 0 saturated heterocycles. The smallest absolute Gasteiger partial charge is 0.338 e. The number of nitrogens with zero attached hydrogens (tertiary/aromatic N) is 3. The van der Waals surface area contributed by atoms with Gasteiger partial charge in [-0.3, -0.25) is 9.36 Å². The monoisotopic (exact) mass is 667 g/mol. The summed E-state index contributed by atoms with van der Waals surface area (Å²) in [7, 11) is 5.55. The summed E-state index contributed by atoms with van der Waals surface area (Å²) in [6.45, 7) is 1.94. The summed E-state index contributed by atoms with van der Waals surface area (Å²) in [5.74, 6) is 0.0233. The highest BCUT2D eigenvalue weighted by atomic mass is 79.9. The third-order valence-corrected chi connectivity index (χ3v) is 9.17. The van der Waals surface area contributed by atoms with Crippen LogP contribution in [0.25, 0.3) is 22.5 Å². The molecule has 7 nitrogen and oxygen atoms in total. The normalized spacial score (nSPS) is 14.8. The van der Waals surface area contributed by atoms with Crippen molar-refractivity contribution in [2.24, 2.45) is 4.99 Å². The van der Waals surface area contributed by atoms with Gasteiger partial charge in [0.05, 0.1) is 35.2 Å². The lowest BCUT2D eigenvalue weighted by Crippen LogP contribution is -2.40. The molecule has 1 aromatic heterocycles. The van der Waals surface area contributed by atoms with Gasteiger partial charge in [-0.1, -0.05) is 78.1 Å². The largest absolute Gasteiger partial charge is 0.496 e. The quantitative estimate of drug-likeness (QED) is 0.201. The number of methoxy groups -OCH3 is 1. The van der Waals surface area contributed by atoms with Crippen LogP contribution in [0.4, 0.5) is 5.69 Å². The van der Waals surface area contributed by atoms with Crippen molar-refractivity contribution in [3.63, 3.8) is 0 Å². The number of carbonyl (C=O) groups excluding carboxylic acids is 1. The number of hydrogen-bond donors (Lipinski definition) is 0. The molecule has 9 heteroatoms. The molecule has 0 aliphatic carbocycles. The summed E-state index contributed by atoms with van der Waals surface area (Å²) >= 11 is 4.95. The Kier molecular flexibility index (Phi) is 8.25. The Labute approximate surface area is 267 Å². The average Bonchev–Trinajstić information content (AvgIpc) is 3.34. The summed E-state index contributed by atoms with van der Waals surface area (Å²) in [5, 5.41) is 1.82. The van der Waals surface area contributed by atoms with Crippen LogP contribution in [0.15, 0.2) is 105 Å². The lowest BCUT2D eigenvalue weighted by molar-refractivity contribution is -0.138. The Balaban J connectivity index is 1.71. The zero-order chi connectivity index (χ0) is 31.0. The fourth-order valence-corrected chi connectivity index (χ4v) is 7.33. The van der Waals surface area contributed by atoms with E-state index in [2.05, 4.69) is 15.9 Å². The van der Waals surface area contributed by atoms with Gasteiger partial charge in [0, 0.05) is 29.7 Å². The number of carbonyl (C=O) groups is 1. The van der Waals surface area contributed by atoms with E-state index in [9.17, 15) is 9.59 Å². The van der Waals surface area contributed by atoms with Crippen molar-refractivity contribution in [1.29, 1.82) is 0 Å². The van der Waals surface area contributed by atoms with Gasteiger partial charge in [-0.2, -0.15) is 0 Å². The minimum absolute atomic E-state index is 0.173. The fraction of sp³-hybridized carbons (Fsp3) is 0.171. The SMILES string of the molecule is CCOC(=O)C1=C(c2ccccc2)N=c2sc(=Cc3ccc(N(C)C)c(Br)c3)c(=O)n2[C@H]1c1c(OC)ccc2ccccc12. The van der Waals surface area contributed by atoms with E-state index in [0.29, 0.717) is 26.3 Å². The van der Waals surface area contributed by atoms with Crippen LogP contribution in [0.2, 0.25) is 0 Å². The molecule has 0 N–H and O–H groups in total. The summed E-state index contributed by atoms with van der Waals surface area (Å²) in [4.78, 5) is 35.8. The maximum atomic E-state index is 14.4. The van der Waals surface area contributed by atoms with E-state index in [1.165, 1.54) is 11.3 Å². The van der Waals surface area contributed by atoms with Crippen LogP contribution in [0.5, 0.6) is 5.75 Å². The van der Waals surface area contributed by atoms with Crippen LogP contribution in [-0.2, 0) is 9.53 Å². The molecule has 0 radical (unpaired) electrons. The minimum Gasteiger partial charge on any atom is -0.496 e. The van der Waals surface area contributed by atoms with Crippen LogP contribution in [-0.4, -0.2) is 38.3 Å². The van der Waals surface area contributed by atoms with Crippen molar-refractivity contribution in [1.82, 2.24) is 4.57 Å². The second-order valence-electron chi connectivity index (χ2n) is 10.4. The van der Waals surface area contributed by atoms with E-state index in [4.69, 9.17) is 14.5 Å². The number of thiazole rings is 1. The number of rotatable bonds is 7. The molecule has 0 fully saturated rings. The second-order valence-corrected chi connectivity index (χ2v) is 12.3. The molecule has 5 aromatic rings. The maximum absolute atomic E-state index is 14.4. The summed E-state index contributed by atoms with van der Waals surface area (Å²) < 4.78 is 14.6. The molecule has 44 heavy (non-hydrogen) atoms. The van der Waals surface area contributed by atoms with Crippen LogP contribution < -0.4 is 24.5 Å². The van der Waals surface area contributed by atoms with E-state index in [1.807, 2.05) is 110 Å². The Hall–Kier alpha value is -4.47. The first-order valence-electron chi connectivity index (χ1n) is 14.1. The Morgan fingerprint density at radius 3 is 2.50 bits per heavy atom. The Bertz CT molecular complexity index is 2120. The number of hydrogen-bond acceptors (Lipinski definition) is 7. The highest BCUT2D eigenvalue weighted by Gasteiger charge is 2.37. The molecule has 1 aliphatic rings. The summed E-state index contributed by atoms with van der Waals surface area (Å²) in [6.07, 6.45) is 1.86. The Morgan fingerprint density at radius 2 is 1.80 bits per heavy atom. The highest BCUT2D eigenvalue weighted by molar-refractivity contribution is 9.10. The first kappa shape index (κ1) is 29.6. The third kappa shape index (κ3) is 5.27. The highest BCUT2D eigenvalue weighted by Crippen LogP contribution is 2.42. The molecule has 1 atom stereocenters. The van der Waals surface area contributed by atoms with Gasteiger partial charge in [-0.15, -0.1) is 0 Å². The maximum Gasteiger partial charge on any atom is 0.338 e. The van der Waals surface area contributed by atoms with Crippen LogP contribution in [0.3, 0.4) is 0 Å². The summed E-state index contributed by atoms with van der Waals surface area (Å²) in [6, 6.07) is 26.4. The average molecular weight is 669 g/mol. The van der Waals surface area contributed by atoms with Crippen LogP contribution in [0, 0.1) is 0 Å². The lowest BCUT2D eigenvalue weighted by atomic mass is 9.89. The number of ether oxygens (including phenoxy) is 2. The van der Waals surface area contributed by atoms with Crippen molar-refractivity contribution in [2.75, 3.05) is 32.7 Å². The van der Waals surface area contributed by atoms with Crippen molar-refractivity contribution in [3.05, 3.63) is 131 Å². The number of esters is 1. The molecule has 6 rings (SSSR count). The number of benzene rings is 4. The fourth-order valence-electron chi connectivity index (χ4n) is 5.58. The molecule has 4 aromatic carbocycles. The van der Waals surface area contributed by atoms with E-state index in [0.717, 1.165) is 32.1 Å². The van der Waals surface area contributed by atoms with E-state index < -0.39 is 12.0 Å². The van der Waals surface area contributed by atoms with Gasteiger partial charge in [0.2, 0.25) is 0 Å². The molecular weight excluding hydrogens is 638 g/mol. The van der Waals surface area contributed by atoms with Crippen molar-refractivity contribution in [3.8, 4) is 5.75 Å². The van der Waals surface area contributed by atoms with Gasteiger partial charge in [0.1, 0.15) is 11.8 Å². The molecular formula is C35H30BrN3O4S. The number of fused-ring (bicyclic) bond motifs is 2. The zero-order valence-corrected chi connectivity index (χ0v) is 27.1. The zero-order valence-electron chi connectivity index (χ0n) is 24.7. The predicted molar refractivity (Wildman–Crippen MR) is 180 cm³/mol. The standard InChI is InChI=1S/C35H30BrN3O4S/c1-5-43-34(41)30-31(23-12-7-6-8-13-23)37-35-39(32(30)29-24-14-10-9-11-22(24)16-18-27(29)42-4)33(40)28(44-35)20-21-15-17-26(38(2)3)25(36)19-21/h6-20,32H,5H2,1-4H3/t32-/m0/s1. The van der Waals surface area contributed by atoms with Gasteiger partial charge in [-0.25, -0.2) is 9.79 Å². The van der Waals surface area contributed by atoms with Crippen LogP contribution >= 0.6 is 27.3 Å². The molecule has 0 bridgehead atoms. The topological polar surface area (TPSA) is 73.1 Å². The van der Waals surface area contributed by atoms with Gasteiger partial charge >= 0.3 is 5.97 Å². The molecule has 0 spiro atoms. The molecule has 0 amide bonds. The van der Waals surface area contributed by atoms with Gasteiger partial charge in [-0.05, 0) is 63.5 Å². The van der Waals surface area contributed by atoms with Crippen molar-refractivity contribution >= 4 is 61.5 Å². The molecule has 1 aliphatic heterocycles. The Morgan fingerprint density at radius 1 is 1.05 bits per heavy atom. The minimum atomic E-state index is -0.855. The van der Waals surface area contributed by atoms with E-state index in [-0.39, 0.29) is 17.7 Å². The first-order chi connectivity index (χ1) is 21.3. The van der Waals surface area contributed by atoms with Crippen molar-refractivity contribution in [2.45, 2.75) is 13.0 Å².